The number of rotatable bonds is 2. The second-order valence-electron chi connectivity index (χ2n) is 3.77. The normalized spacial score (nSPS) is 14.8. The van der Waals surface area contributed by atoms with Crippen molar-refractivity contribution in [2.24, 2.45) is 0 Å². The molecule has 0 bridgehead atoms. The van der Waals surface area contributed by atoms with Gasteiger partial charge in [-0.15, -0.1) is 11.8 Å². The quantitative estimate of drug-likeness (QED) is 0.871. The minimum atomic E-state index is -0.395. The molecule has 6 heteroatoms. The molecule has 1 aromatic rings. The number of aromatic amines is 1. The Balaban J connectivity index is 2.80. The molecule has 1 aliphatic carbocycles. The van der Waals surface area contributed by atoms with Gasteiger partial charge in [0, 0.05) is 17.3 Å². The number of pyridine rings is 1. The second-order valence-corrected chi connectivity index (χ2v) is 4.59. The summed E-state index contributed by atoms with van der Waals surface area (Å²) in [5.74, 6) is -0.677. The summed E-state index contributed by atoms with van der Waals surface area (Å²) < 4.78 is 5.02. The molecule has 0 saturated carbocycles. The average Bonchev–Trinajstić information content (AvgIpc) is 2.32. The zero-order valence-electron chi connectivity index (χ0n) is 10.1. The van der Waals surface area contributed by atoms with E-state index in [1.165, 1.54) is 7.11 Å². The van der Waals surface area contributed by atoms with Crippen LogP contribution < -0.4 is 5.56 Å². The molecule has 1 heterocycles. The highest BCUT2D eigenvalue weighted by Crippen LogP contribution is 2.32. The number of hydrogen-bond donors (Lipinski definition) is 1. The number of allylic oxidation sites excluding steroid dienone is 2. The van der Waals surface area contributed by atoms with E-state index in [2.05, 4.69) is 4.98 Å². The van der Waals surface area contributed by atoms with Crippen molar-refractivity contribution in [3.63, 3.8) is 0 Å². The molecule has 0 amide bonds. The Labute approximate surface area is 107 Å². The zero-order chi connectivity index (χ0) is 13.4. The number of nitrogens with one attached hydrogen (secondary N) is 1. The summed E-state index contributed by atoms with van der Waals surface area (Å²) in [4.78, 5) is 38.6. The largest absolute Gasteiger partial charge is 0.491 e. The third kappa shape index (κ3) is 1.69. The summed E-state index contributed by atoms with van der Waals surface area (Å²) in [5.41, 5.74) is 0.347. The summed E-state index contributed by atoms with van der Waals surface area (Å²) in [6, 6.07) is 1.16. The lowest BCUT2D eigenvalue weighted by Gasteiger charge is -2.19. The molecule has 1 aromatic heterocycles. The first-order valence-electron chi connectivity index (χ1n) is 5.16. The van der Waals surface area contributed by atoms with Crippen LogP contribution in [0.1, 0.15) is 26.4 Å². The van der Waals surface area contributed by atoms with Crippen LogP contribution in [0.5, 0.6) is 0 Å². The van der Waals surface area contributed by atoms with Gasteiger partial charge in [0.1, 0.15) is 4.91 Å². The molecule has 0 unspecified atom stereocenters. The number of aromatic nitrogens is 1. The molecule has 2 rings (SSSR count). The first kappa shape index (κ1) is 12.6. The number of ketones is 2. The summed E-state index contributed by atoms with van der Waals surface area (Å²) in [6.07, 6.45) is 1.69. The topological polar surface area (TPSA) is 76.2 Å². The maximum atomic E-state index is 12.2. The van der Waals surface area contributed by atoms with Crippen LogP contribution in [-0.2, 0) is 4.74 Å². The van der Waals surface area contributed by atoms with Crippen molar-refractivity contribution in [3.05, 3.63) is 43.9 Å². The van der Waals surface area contributed by atoms with Crippen molar-refractivity contribution in [2.75, 3.05) is 13.4 Å². The van der Waals surface area contributed by atoms with Gasteiger partial charge in [-0.2, -0.15) is 0 Å². The van der Waals surface area contributed by atoms with Crippen LogP contribution in [0, 0.1) is 6.92 Å². The molecule has 0 radical (unpaired) electrons. The molecule has 0 fully saturated rings. The Morgan fingerprint density at radius 3 is 2.44 bits per heavy atom. The zero-order valence-corrected chi connectivity index (χ0v) is 10.9. The fourth-order valence-electron chi connectivity index (χ4n) is 1.97. The van der Waals surface area contributed by atoms with Crippen molar-refractivity contribution >= 4 is 23.3 Å². The number of aryl methyl sites for hydroxylation is 1. The highest BCUT2D eigenvalue weighted by molar-refractivity contribution is 8.03. The number of ether oxygens (including phenoxy) is 1. The monoisotopic (exact) mass is 265 g/mol. The molecule has 1 aliphatic rings. The molecule has 0 aromatic carbocycles. The Morgan fingerprint density at radius 2 is 1.89 bits per heavy atom. The number of methoxy groups -OCH3 is 1. The Kier molecular flexibility index (Phi) is 3.13. The molecule has 1 N–H and O–H groups in total. The first-order valence-corrected chi connectivity index (χ1v) is 6.39. The summed E-state index contributed by atoms with van der Waals surface area (Å²) in [6.45, 7) is 1.59. The van der Waals surface area contributed by atoms with E-state index in [1.54, 1.807) is 13.2 Å². The van der Waals surface area contributed by atoms with E-state index in [-0.39, 0.29) is 33.4 Å². The predicted octanol–water partition coefficient (Wildman–Crippen LogP) is 1.28. The first-order chi connectivity index (χ1) is 8.51. The van der Waals surface area contributed by atoms with E-state index < -0.39 is 5.56 Å². The van der Waals surface area contributed by atoms with Gasteiger partial charge < -0.3 is 9.72 Å². The molecule has 0 saturated heterocycles. The third-order valence-corrected chi connectivity index (χ3v) is 3.51. The van der Waals surface area contributed by atoms with Crippen molar-refractivity contribution in [1.82, 2.24) is 4.98 Å². The van der Waals surface area contributed by atoms with Crippen LogP contribution in [0.15, 0.2) is 21.5 Å². The molecule has 0 aliphatic heterocycles. The van der Waals surface area contributed by atoms with Gasteiger partial charge in [0.05, 0.1) is 12.7 Å². The van der Waals surface area contributed by atoms with Gasteiger partial charge in [0.15, 0.2) is 5.76 Å². The molecule has 94 valence electrons. The number of Topliss-reactive ketones (excluding diaryl/α,β-unsaturated/α-hetero) is 2. The van der Waals surface area contributed by atoms with Crippen molar-refractivity contribution in [2.45, 2.75) is 6.92 Å². The van der Waals surface area contributed by atoms with E-state index in [0.717, 1.165) is 17.8 Å². The Morgan fingerprint density at radius 1 is 1.22 bits per heavy atom. The number of thioether (sulfide) groups is 1. The SMILES string of the molecule is COC1=C(SC)C(=O)c2cc(=O)[nH]c(C)c2C1=O. The molecular weight excluding hydrogens is 254 g/mol. The van der Waals surface area contributed by atoms with E-state index in [0.29, 0.717) is 5.69 Å². The number of fused-ring (bicyclic) bond motifs is 1. The van der Waals surface area contributed by atoms with Crippen LogP contribution in [0.2, 0.25) is 0 Å². The Hall–Kier alpha value is -1.82. The van der Waals surface area contributed by atoms with Crippen LogP contribution in [0.3, 0.4) is 0 Å². The van der Waals surface area contributed by atoms with E-state index in [4.69, 9.17) is 4.74 Å². The number of carbonyl (C=O) groups is 2. The van der Waals surface area contributed by atoms with E-state index in [1.807, 2.05) is 0 Å². The minimum Gasteiger partial charge on any atom is -0.491 e. The molecular formula is C12H11NO4S. The highest BCUT2D eigenvalue weighted by Gasteiger charge is 2.34. The van der Waals surface area contributed by atoms with Gasteiger partial charge in [-0.05, 0) is 13.2 Å². The minimum absolute atomic E-state index is 0.0372. The van der Waals surface area contributed by atoms with Gasteiger partial charge in [-0.25, -0.2) is 0 Å². The fourth-order valence-corrected chi connectivity index (χ4v) is 2.63. The van der Waals surface area contributed by atoms with Gasteiger partial charge in [0.25, 0.3) is 0 Å². The standard InChI is InChI=1S/C12H11NO4S/c1-5-8-6(4-7(14)13-5)9(15)12(18-3)11(17-2)10(8)16/h4H,1-3H3,(H,13,14). The third-order valence-electron chi connectivity index (χ3n) is 2.73. The summed E-state index contributed by atoms with van der Waals surface area (Å²) in [5, 5.41) is 0. The van der Waals surface area contributed by atoms with Crippen molar-refractivity contribution in [1.29, 1.82) is 0 Å². The maximum absolute atomic E-state index is 12.2. The van der Waals surface area contributed by atoms with Crippen LogP contribution in [-0.4, -0.2) is 29.9 Å². The number of carbonyl (C=O) groups excluding carboxylic acids is 2. The highest BCUT2D eigenvalue weighted by atomic mass is 32.2. The predicted molar refractivity (Wildman–Crippen MR) is 68.0 cm³/mol. The summed E-state index contributed by atoms with van der Waals surface area (Å²) in [7, 11) is 1.35. The van der Waals surface area contributed by atoms with E-state index in [9.17, 15) is 14.4 Å². The summed E-state index contributed by atoms with van der Waals surface area (Å²) >= 11 is 1.14. The number of H-pyrrole nitrogens is 1. The molecule has 18 heavy (non-hydrogen) atoms. The van der Waals surface area contributed by atoms with Gasteiger partial charge in [-0.3, -0.25) is 14.4 Å². The van der Waals surface area contributed by atoms with Crippen molar-refractivity contribution < 1.29 is 14.3 Å². The lowest BCUT2D eigenvalue weighted by atomic mass is 9.92. The lowest BCUT2D eigenvalue weighted by molar-refractivity contribution is 0.0912. The van der Waals surface area contributed by atoms with Crippen LogP contribution >= 0.6 is 11.8 Å². The van der Waals surface area contributed by atoms with E-state index >= 15 is 0 Å². The van der Waals surface area contributed by atoms with Gasteiger partial charge in [-0.1, -0.05) is 0 Å². The number of hydrogen-bond acceptors (Lipinski definition) is 5. The van der Waals surface area contributed by atoms with Crippen LogP contribution in [0.25, 0.3) is 0 Å². The van der Waals surface area contributed by atoms with Crippen molar-refractivity contribution in [3.8, 4) is 0 Å². The van der Waals surface area contributed by atoms with Gasteiger partial charge >= 0.3 is 0 Å². The van der Waals surface area contributed by atoms with Crippen LogP contribution in [0.4, 0.5) is 0 Å². The second kappa shape index (κ2) is 4.45. The fraction of sp³-hybridized carbons (Fsp3) is 0.250. The molecule has 5 nitrogen and oxygen atoms in total. The lowest BCUT2D eigenvalue weighted by Crippen LogP contribution is -2.26. The Bertz CT molecular complexity index is 642. The smallest absolute Gasteiger partial charge is 0.248 e. The van der Waals surface area contributed by atoms with Gasteiger partial charge in [0.2, 0.25) is 17.1 Å². The molecule has 0 spiro atoms. The maximum Gasteiger partial charge on any atom is 0.248 e. The molecule has 0 atom stereocenters. The average molecular weight is 265 g/mol.